The van der Waals surface area contributed by atoms with Crippen LogP contribution in [0.3, 0.4) is 0 Å². The highest BCUT2D eigenvalue weighted by atomic mass is 79.9. The molecule has 1 aromatic heterocycles. The minimum absolute atomic E-state index is 0.307. The first kappa shape index (κ1) is 13.4. The summed E-state index contributed by atoms with van der Waals surface area (Å²) in [5.41, 5.74) is 2.52. The van der Waals surface area contributed by atoms with Crippen molar-refractivity contribution in [2.75, 3.05) is 0 Å². The molecule has 94 valence electrons. The highest BCUT2D eigenvalue weighted by molar-refractivity contribution is 9.10. The van der Waals surface area contributed by atoms with Crippen LogP contribution in [-0.2, 0) is 6.42 Å². The van der Waals surface area contributed by atoms with Crippen LogP contribution in [0.4, 0.5) is 4.39 Å². The molecule has 0 saturated heterocycles. The smallest absolute Gasteiger partial charge is 0.162 e. The molecule has 0 N–H and O–H groups in total. The summed E-state index contributed by atoms with van der Waals surface area (Å²) >= 11 is 9.43. The molecule has 0 atom stereocenters. The number of aromatic nitrogens is 2. The van der Waals surface area contributed by atoms with Crippen molar-refractivity contribution in [3.63, 3.8) is 0 Å². The first-order valence-corrected chi connectivity index (χ1v) is 6.68. The van der Waals surface area contributed by atoms with Crippen molar-refractivity contribution in [2.24, 2.45) is 0 Å². The van der Waals surface area contributed by atoms with E-state index in [1.165, 1.54) is 12.1 Å². The van der Waals surface area contributed by atoms with E-state index < -0.39 is 0 Å². The third-order valence-corrected chi connectivity index (χ3v) is 3.66. The van der Waals surface area contributed by atoms with Crippen LogP contribution in [0, 0.1) is 12.7 Å². The first-order chi connectivity index (χ1) is 8.52. The summed E-state index contributed by atoms with van der Waals surface area (Å²) in [6, 6.07) is 4.40. The minimum Gasteiger partial charge on any atom is -0.233 e. The summed E-state index contributed by atoms with van der Waals surface area (Å²) < 4.78 is 13.7. The van der Waals surface area contributed by atoms with Gasteiger partial charge >= 0.3 is 0 Å². The molecule has 18 heavy (non-hydrogen) atoms. The van der Waals surface area contributed by atoms with Gasteiger partial charge in [0.15, 0.2) is 5.82 Å². The van der Waals surface area contributed by atoms with Gasteiger partial charge in [0.05, 0.1) is 0 Å². The summed E-state index contributed by atoms with van der Waals surface area (Å²) in [5, 5.41) is 0.455. The Morgan fingerprint density at radius 1 is 1.33 bits per heavy atom. The fourth-order valence-electron chi connectivity index (χ4n) is 1.75. The van der Waals surface area contributed by atoms with Crippen LogP contribution in [0.2, 0.25) is 5.15 Å². The van der Waals surface area contributed by atoms with Crippen molar-refractivity contribution in [1.29, 1.82) is 0 Å². The third-order valence-electron chi connectivity index (χ3n) is 2.69. The van der Waals surface area contributed by atoms with E-state index in [0.717, 1.165) is 23.2 Å². The van der Waals surface area contributed by atoms with Crippen LogP contribution in [0.5, 0.6) is 0 Å². The van der Waals surface area contributed by atoms with Gasteiger partial charge in [-0.2, -0.15) is 0 Å². The van der Waals surface area contributed by atoms with Gasteiger partial charge in [0, 0.05) is 21.3 Å². The van der Waals surface area contributed by atoms with Crippen molar-refractivity contribution >= 4 is 27.5 Å². The molecule has 0 fully saturated rings. The standard InChI is InChI=1S/C13H11BrClFN2/c1-3-9-7(2)17-13(18-12(9)15)10-5-4-8(16)6-11(10)14/h4-6H,3H2,1-2H3. The van der Waals surface area contributed by atoms with Gasteiger partial charge in [-0.25, -0.2) is 14.4 Å². The molecule has 0 aliphatic heterocycles. The highest BCUT2D eigenvalue weighted by Gasteiger charge is 2.12. The third kappa shape index (κ3) is 2.54. The number of nitrogens with zero attached hydrogens (tertiary/aromatic N) is 2. The quantitative estimate of drug-likeness (QED) is 0.754. The van der Waals surface area contributed by atoms with Gasteiger partial charge in [0.25, 0.3) is 0 Å². The number of hydrogen-bond acceptors (Lipinski definition) is 2. The van der Waals surface area contributed by atoms with Crippen LogP contribution >= 0.6 is 27.5 Å². The Hall–Kier alpha value is -1.00. The van der Waals surface area contributed by atoms with Crippen LogP contribution in [0.25, 0.3) is 11.4 Å². The van der Waals surface area contributed by atoms with Crippen molar-refractivity contribution in [1.82, 2.24) is 9.97 Å². The molecule has 1 aromatic carbocycles. The normalized spacial score (nSPS) is 10.7. The van der Waals surface area contributed by atoms with Crippen molar-refractivity contribution in [2.45, 2.75) is 20.3 Å². The molecule has 5 heteroatoms. The summed E-state index contributed by atoms with van der Waals surface area (Å²) in [6.45, 7) is 3.90. The zero-order chi connectivity index (χ0) is 13.3. The lowest BCUT2D eigenvalue weighted by Gasteiger charge is -2.09. The molecule has 1 heterocycles. The molecule has 2 nitrogen and oxygen atoms in total. The molecule has 0 amide bonds. The van der Waals surface area contributed by atoms with E-state index in [0.29, 0.717) is 15.5 Å². The fraction of sp³-hybridized carbons (Fsp3) is 0.231. The number of aryl methyl sites for hydroxylation is 1. The van der Waals surface area contributed by atoms with E-state index >= 15 is 0 Å². The van der Waals surface area contributed by atoms with Gasteiger partial charge in [-0.1, -0.05) is 18.5 Å². The van der Waals surface area contributed by atoms with E-state index in [4.69, 9.17) is 11.6 Å². The topological polar surface area (TPSA) is 25.8 Å². The van der Waals surface area contributed by atoms with E-state index in [9.17, 15) is 4.39 Å². The molecule has 0 bridgehead atoms. The SMILES string of the molecule is CCc1c(C)nc(-c2ccc(F)cc2Br)nc1Cl. The van der Waals surface area contributed by atoms with Gasteiger partial charge in [0.1, 0.15) is 11.0 Å². The molecule has 0 aliphatic rings. The van der Waals surface area contributed by atoms with Crippen molar-refractivity contribution in [3.05, 3.63) is 44.9 Å². The maximum Gasteiger partial charge on any atom is 0.162 e. The molecule has 0 saturated carbocycles. The average Bonchev–Trinajstić information content (AvgIpc) is 2.28. The summed E-state index contributed by atoms with van der Waals surface area (Å²) in [7, 11) is 0. The lowest BCUT2D eigenvalue weighted by molar-refractivity contribution is 0.627. The summed E-state index contributed by atoms with van der Waals surface area (Å²) in [5.74, 6) is 0.195. The van der Waals surface area contributed by atoms with Crippen LogP contribution in [-0.4, -0.2) is 9.97 Å². The van der Waals surface area contributed by atoms with Crippen LogP contribution in [0.1, 0.15) is 18.2 Å². The Labute approximate surface area is 118 Å². The van der Waals surface area contributed by atoms with Crippen molar-refractivity contribution in [3.8, 4) is 11.4 Å². The first-order valence-electron chi connectivity index (χ1n) is 5.51. The Balaban J connectivity index is 2.58. The average molecular weight is 330 g/mol. The van der Waals surface area contributed by atoms with Gasteiger partial charge in [-0.15, -0.1) is 0 Å². The molecule has 0 aliphatic carbocycles. The van der Waals surface area contributed by atoms with Gasteiger partial charge in [-0.05, 0) is 47.5 Å². The zero-order valence-corrected chi connectivity index (χ0v) is 12.3. The van der Waals surface area contributed by atoms with Crippen molar-refractivity contribution < 1.29 is 4.39 Å². The lowest BCUT2D eigenvalue weighted by atomic mass is 10.1. The Morgan fingerprint density at radius 2 is 2.06 bits per heavy atom. The van der Waals surface area contributed by atoms with Crippen LogP contribution < -0.4 is 0 Å². The molecule has 0 radical (unpaired) electrons. The Bertz CT molecular complexity index is 579. The Kier molecular flexibility index (Phi) is 3.97. The second-order valence-electron chi connectivity index (χ2n) is 3.88. The van der Waals surface area contributed by atoms with E-state index in [1.54, 1.807) is 6.07 Å². The second kappa shape index (κ2) is 5.33. The number of benzene rings is 1. The Morgan fingerprint density at radius 3 is 2.61 bits per heavy atom. The monoisotopic (exact) mass is 328 g/mol. The minimum atomic E-state index is -0.307. The van der Waals surface area contributed by atoms with E-state index in [2.05, 4.69) is 25.9 Å². The van der Waals surface area contributed by atoms with Gasteiger partial charge in [-0.3, -0.25) is 0 Å². The predicted molar refractivity (Wildman–Crippen MR) is 74.3 cm³/mol. The van der Waals surface area contributed by atoms with Gasteiger partial charge < -0.3 is 0 Å². The maximum atomic E-state index is 13.0. The van der Waals surface area contributed by atoms with Gasteiger partial charge in [0.2, 0.25) is 0 Å². The molecule has 2 rings (SSSR count). The summed E-state index contributed by atoms with van der Waals surface area (Å²) in [6.07, 6.45) is 0.787. The molecule has 0 unspecified atom stereocenters. The van der Waals surface area contributed by atoms with Crippen LogP contribution in [0.15, 0.2) is 22.7 Å². The zero-order valence-electron chi connectivity index (χ0n) is 9.97. The molecule has 0 spiro atoms. The largest absolute Gasteiger partial charge is 0.233 e. The van der Waals surface area contributed by atoms with E-state index in [-0.39, 0.29) is 5.82 Å². The highest BCUT2D eigenvalue weighted by Crippen LogP contribution is 2.28. The van der Waals surface area contributed by atoms with E-state index in [1.807, 2.05) is 13.8 Å². The predicted octanol–water partition coefficient (Wildman–Crippen LogP) is 4.57. The number of halogens is 3. The number of rotatable bonds is 2. The molecular formula is C13H11BrClFN2. The second-order valence-corrected chi connectivity index (χ2v) is 5.09. The lowest BCUT2D eigenvalue weighted by Crippen LogP contribution is -1.99. The fourth-order valence-corrected chi connectivity index (χ4v) is 2.63. The maximum absolute atomic E-state index is 13.0. The molecule has 2 aromatic rings. The molecular weight excluding hydrogens is 319 g/mol. The summed E-state index contributed by atoms with van der Waals surface area (Å²) in [4.78, 5) is 8.68. The number of hydrogen-bond donors (Lipinski definition) is 0.